The van der Waals surface area contributed by atoms with Crippen LogP contribution in [0.15, 0.2) is 48.5 Å². The fraction of sp³-hybridized carbons (Fsp3) is 0.300. The molecule has 0 spiro atoms. The second-order valence-electron chi connectivity index (χ2n) is 6.02. The molecular formula is C20H22N2O3. The molecule has 0 saturated carbocycles. The zero-order valence-corrected chi connectivity index (χ0v) is 14.3. The second kappa shape index (κ2) is 7.83. The molecule has 3 rings (SSSR count). The van der Waals surface area contributed by atoms with Gasteiger partial charge in [0.2, 0.25) is 11.8 Å². The number of carbonyl (C=O) groups is 2. The van der Waals surface area contributed by atoms with Gasteiger partial charge in [0.15, 0.2) is 0 Å². The summed E-state index contributed by atoms with van der Waals surface area (Å²) >= 11 is 0. The minimum Gasteiger partial charge on any atom is -0.496 e. The fourth-order valence-electron chi connectivity index (χ4n) is 3.12. The number of hydrogen-bond donors (Lipinski definition) is 1. The number of anilines is 1. The Kier molecular flexibility index (Phi) is 5.33. The number of ether oxygens (including phenoxy) is 1. The first-order valence-corrected chi connectivity index (χ1v) is 8.46. The molecule has 25 heavy (non-hydrogen) atoms. The summed E-state index contributed by atoms with van der Waals surface area (Å²) in [6, 6.07) is 15.5. The monoisotopic (exact) mass is 338 g/mol. The number of carbonyl (C=O) groups excluding carboxylic acids is 2. The minimum absolute atomic E-state index is 0.00132. The lowest BCUT2D eigenvalue weighted by Gasteiger charge is -2.28. The van der Waals surface area contributed by atoms with E-state index in [1.54, 1.807) is 12.0 Å². The summed E-state index contributed by atoms with van der Waals surface area (Å²) in [5.41, 5.74) is 3.01. The van der Waals surface area contributed by atoms with Crippen LogP contribution >= 0.6 is 0 Å². The summed E-state index contributed by atoms with van der Waals surface area (Å²) in [4.78, 5) is 26.1. The van der Waals surface area contributed by atoms with E-state index in [1.807, 2.05) is 48.5 Å². The van der Waals surface area contributed by atoms with E-state index in [1.165, 1.54) is 0 Å². The van der Waals surface area contributed by atoms with Gasteiger partial charge < -0.3 is 15.0 Å². The normalized spacial score (nSPS) is 13.3. The molecule has 1 aliphatic rings. The van der Waals surface area contributed by atoms with Crippen LogP contribution in [0.3, 0.4) is 0 Å². The molecular weight excluding hydrogens is 316 g/mol. The summed E-state index contributed by atoms with van der Waals surface area (Å²) in [5.74, 6) is 0.662. The van der Waals surface area contributed by atoms with Crippen molar-refractivity contribution in [2.45, 2.75) is 19.3 Å². The number of rotatable bonds is 6. The Balaban J connectivity index is 1.57. The lowest BCUT2D eigenvalue weighted by Crippen LogP contribution is -2.43. The smallest absolute Gasteiger partial charge is 0.240 e. The van der Waals surface area contributed by atoms with Gasteiger partial charge in [-0.25, -0.2) is 0 Å². The molecule has 0 unspecified atom stereocenters. The Morgan fingerprint density at radius 3 is 2.72 bits per heavy atom. The number of fused-ring (bicyclic) bond motifs is 1. The van der Waals surface area contributed by atoms with Gasteiger partial charge in [0.25, 0.3) is 0 Å². The Morgan fingerprint density at radius 1 is 1.12 bits per heavy atom. The number of nitrogens with zero attached hydrogens (tertiary/aromatic N) is 1. The van der Waals surface area contributed by atoms with Crippen molar-refractivity contribution >= 4 is 17.5 Å². The number of para-hydroxylation sites is 2. The van der Waals surface area contributed by atoms with Crippen LogP contribution in [0.1, 0.15) is 17.5 Å². The molecule has 1 N–H and O–H groups in total. The lowest BCUT2D eigenvalue weighted by molar-refractivity contribution is -0.124. The van der Waals surface area contributed by atoms with Crippen molar-refractivity contribution in [1.82, 2.24) is 5.32 Å². The average Bonchev–Trinajstić information content (AvgIpc) is 2.64. The van der Waals surface area contributed by atoms with Gasteiger partial charge in [-0.3, -0.25) is 9.59 Å². The van der Waals surface area contributed by atoms with E-state index in [-0.39, 0.29) is 18.4 Å². The largest absolute Gasteiger partial charge is 0.496 e. The standard InChI is InChI=1S/C20H22N2O3/c1-25-18-9-5-3-7-16(18)12-13-21-19(23)14-22-17-8-4-2-6-15(17)10-11-20(22)24/h2-9H,10-14H2,1H3,(H,21,23). The highest BCUT2D eigenvalue weighted by atomic mass is 16.5. The molecule has 1 heterocycles. The predicted octanol–water partition coefficient (Wildman–Crippen LogP) is 2.33. The van der Waals surface area contributed by atoms with Crippen LogP contribution in [0, 0.1) is 0 Å². The van der Waals surface area contributed by atoms with Gasteiger partial charge >= 0.3 is 0 Å². The van der Waals surface area contributed by atoms with Crippen molar-refractivity contribution < 1.29 is 14.3 Å². The van der Waals surface area contributed by atoms with Crippen LogP contribution in [0.5, 0.6) is 5.75 Å². The Bertz CT molecular complexity index is 773. The van der Waals surface area contributed by atoms with E-state index in [2.05, 4.69) is 5.32 Å². The van der Waals surface area contributed by atoms with E-state index < -0.39 is 0 Å². The number of benzene rings is 2. The highest BCUT2D eigenvalue weighted by Crippen LogP contribution is 2.27. The van der Waals surface area contributed by atoms with Gasteiger partial charge in [-0.1, -0.05) is 36.4 Å². The first-order chi connectivity index (χ1) is 12.2. The first-order valence-electron chi connectivity index (χ1n) is 8.46. The maximum absolute atomic E-state index is 12.3. The van der Waals surface area contributed by atoms with Crippen molar-refractivity contribution in [2.24, 2.45) is 0 Å². The summed E-state index contributed by atoms with van der Waals surface area (Å²) in [7, 11) is 1.64. The third-order valence-electron chi connectivity index (χ3n) is 4.40. The van der Waals surface area contributed by atoms with Gasteiger partial charge in [-0.2, -0.15) is 0 Å². The molecule has 0 bridgehead atoms. The molecule has 2 amide bonds. The van der Waals surface area contributed by atoms with Crippen LogP contribution in [0.25, 0.3) is 0 Å². The fourth-order valence-corrected chi connectivity index (χ4v) is 3.12. The van der Waals surface area contributed by atoms with Crippen molar-refractivity contribution in [3.8, 4) is 5.75 Å². The Labute approximate surface area is 147 Å². The summed E-state index contributed by atoms with van der Waals surface area (Å²) in [5, 5.41) is 2.89. The molecule has 0 saturated heterocycles. The second-order valence-corrected chi connectivity index (χ2v) is 6.02. The Morgan fingerprint density at radius 2 is 1.88 bits per heavy atom. The molecule has 130 valence electrons. The lowest BCUT2D eigenvalue weighted by atomic mass is 10.0. The molecule has 2 aromatic rings. The zero-order valence-electron chi connectivity index (χ0n) is 14.3. The predicted molar refractivity (Wildman–Crippen MR) is 96.8 cm³/mol. The van der Waals surface area contributed by atoms with Crippen molar-refractivity contribution in [3.05, 3.63) is 59.7 Å². The average molecular weight is 338 g/mol. The van der Waals surface area contributed by atoms with Gasteiger partial charge in [-0.15, -0.1) is 0 Å². The first kappa shape index (κ1) is 17.0. The van der Waals surface area contributed by atoms with Gasteiger partial charge in [0.05, 0.1) is 7.11 Å². The molecule has 5 nitrogen and oxygen atoms in total. The van der Waals surface area contributed by atoms with Crippen molar-refractivity contribution in [1.29, 1.82) is 0 Å². The summed E-state index contributed by atoms with van der Waals surface area (Å²) < 4.78 is 5.31. The van der Waals surface area contributed by atoms with Gasteiger partial charge in [-0.05, 0) is 36.1 Å². The van der Waals surface area contributed by atoms with Crippen LogP contribution in [-0.2, 0) is 22.4 Å². The van der Waals surface area contributed by atoms with Gasteiger partial charge in [0.1, 0.15) is 12.3 Å². The van der Waals surface area contributed by atoms with E-state index >= 15 is 0 Å². The zero-order chi connectivity index (χ0) is 17.6. The number of nitrogens with one attached hydrogen (secondary N) is 1. The van der Waals surface area contributed by atoms with Crippen LogP contribution in [0.4, 0.5) is 5.69 Å². The van der Waals surface area contributed by atoms with E-state index in [0.29, 0.717) is 19.4 Å². The number of hydrogen-bond acceptors (Lipinski definition) is 3. The highest BCUT2D eigenvalue weighted by Gasteiger charge is 2.25. The van der Waals surface area contributed by atoms with Crippen molar-refractivity contribution in [2.75, 3.05) is 25.1 Å². The van der Waals surface area contributed by atoms with Gasteiger partial charge in [0, 0.05) is 18.7 Å². The molecule has 0 radical (unpaired) electrons. The third kappa shape index (κ3) is 3.99. The van der Waals surface area contributed by atoms with Crippen molar-refractivity contribution in [3.63, 3.8) is 0 Å². The quantitative estimate of drug-likeness (QED) is 0.879. The maximum Gasteiger partial charge on any atom is 0.240 e. The molecule has 1 aliphatic heterocycles. The molecule has 0 aliphatic carbocycles. The molecule has 2 aromatic carbocycles. The molecule has 0 atom stereocenters. The van der Waals surface area contributed by atoms with Crippen LogP contribution in [-0.4, -0.2) is 32.0 Å². The number of aryl methyl sites for hydroxylation is 1. The minimum atomic E-state index is -0.153. The summed E-state index contributed by atoms with van der Waals surface area (Å²) in [6.45, 7) is 0.560. The van der Waals surface area contributed by atoms with E-state index in [0.717, 1.165) is 29.0 Å². The maximum atomic E-state index is 12.3. The number of methoxy groups -OCH3 is 1. The molecule has 0 aromatic heterocycles. The Hall–Kier alpha value is -2.82. The van der Waals surface area contributed by atoms with E-state index in [4.69, 9.17) is 4.74 Å². The highest BCUT2D eigenvalue weighted by molar-refractivity contribution is 6.00. The third-order valence-corrected chi connectivity index (χ3v) is 4.40. The van der Waals surface area contributed by atoms with Crippen LogP contribution in [0.2, 0.25) is 0 Å². The van der Waals surface area contributed by atoms with Crippen LogP contribution < -0.4 is 15.0 Å². The number of amides is 2. The topological polar surface area (TPSA) is 58.6 Å². The summed E-state index contributed by atoms with van der Waals surface area (Å²) in [6.07, 6.45) is 1.87. The molecule has 5 heteroatoms. The SMILES string of the molecule is COc1ccccc1CCNC(=O)CN1C(=O)CCc2ccccc21. The van der Waals surface area contributed by atoms with E-state index in [9.17, 15) is 9.59 Å². The molecule has 0 fully saturated rings.